The molecule has 3 aliphatic carbocycles. The lowest BCUT2D eigenvalue weighted by atomic mass is 9.77. The highest BCUT2D eigenvalue weighted by Gasteiger charge is 2.46. The molecule has 7 aromatic carbocycles. The Morgan fingerprint density at radius 2 is 0.593 bits per heavy atom. The fourth-order valence-electron chi connectivity index (χ4n) is 9.91. The third-order valence-corrected chi connectivity index (χ3v) is 12.3. The molecule has 0 fully saturated rings. The topological polar surface area (TPSA) is 27.7 Å². The van der Waals surface area contributed by atoms with Gasteiger partial charge in [0.25, 0.3) is 0 Å². The molecule has 3 heteroatoms. The monoisotopic (exact) mass is 702 g/mol. The second-order valence-corrected chi connectivity index (χ2v) is 14.9. The lowest BCUT2D eigenvalue weighted by molar-refractivity contribution is 0.414. The average molecular weight is 703 g/mol. The number of rotatable bonds is 9. The molecule has 0 amide bonds. The number of benzene rings is 7. The van der Waals surface area contributed by atoms with Gasteiger partial charge in [-0.2, -0.15) is 0 Å². The molecule has 0 spiro atoms. The van der Waals surface area contributed by atoms with Crippen molar-refractivity contribution in [2.24, 2.45) is 0 Å². The first-order valence-corrected chi connectivity index (χ1v) is 19.1. The number of ether oxygens (including phenoxy) is 3. The van der Waals surface area contributed by atoms with Crippen LogP contribution < -0.4 is 14.2 Å². The number of hydrogen-bond donors (Lipinski definition) is 0. The van der Waals surface area contributed by atoms with E-state index >= 15 is 0 Å². The molecule has 54 heavy (non-hydrogen) atoms. The summed E-state index contributed by atoms with van der Waals surface area (Å²) in [4.78, 5) is 0. The second-order valence-electron chi connectivity index (χ2n) is 14.9. The Bertz CT molecular complexity index is 2220. The SMILES string of the molecule is COc1ccc(C[C@@H]2c3ccccc3-c3c2c2c(c4c3[C@@H](Cc3ccc(OC)cc3)c3ccccc3-4)[C@H](Cc3ccc(OC)cc3)c3ccccc3-2)cc1. The van der Waals surface area contributed by atoms with Crippen LogP contribution in [-0.2, 0) is 19.3 Å². The van der Waals surface area contributed by atoms with Gasteiger partial charge in [-0.15, -0.1) is 0 Å². The van der Waals surface area contributed by atoms with Gasteiger partial charge in [0.1, 0.15) is 17.2 Å². The quantitative estimate of drug-likeness (QED) is 0.150. The summed E-state index contributed by atoms with van der Waals surface area (Å²) < 4.78 is 16.7. The van der Waals surface area contributed by atoms with Gasteiger partial charge < -0.3 is 14.2 Å². The van der Waals surface area contributed by atoms with Crippen molar-refractivity contribution in [2.45, 2.75) is 37.0 Å². The van der Waals surface area contributed by atoms with Crippen LogP contribution in [0.2, 0.25) is 0 Å². The fraction of sp³-hybridized carbons (Fsp3) is 0.176. The van der Waals surface area contributed by atoms with Crippen molar-refractivity contribution in [2.75, 3.05) is 21.3 Å². The van der Waals surface area contributed by atoms with Gasteiger partial charge in [-0.1, -0.05) is 109 Å². The van der Waals surface area contributed by atoms with Crippen molar-refractivity contribution in [1.29, 1.82) is 0 Å². The van der Waals surface area contributed by atoms with Crippen LogP contribution in [0.1, 0.15) is 67.8 Å². The molecule has 0 unspecified atom stereocenters. The summed E-state index contributed by atoms with van der Waals surface area (Å²) in [5.41, 5.74) is 21.2. The summed E-state index contributed by atoms with van der Waals surface area (Å²) in [6.07, 6.45) is 2.75. The molecule has 7 aromatic rings. The Hall–Kier alpha value is -6.06. The molecule has 3 atom stereocenters. The summed E-state index contributed by atoms with van der Waals surface area (Å²) in [6, 6.07) is 53.8. The zero-order valence-corrected chi connectivity index (χ0v) is 30.9. The molecule has 0 heterocycles. The van der Waals surface area contributed by atoms with Crippen molar-refractivity contribution in [3.05, 3.63) is 196 Å². The Kier molecular flexibility index (Phi) is 7.91. The maximum absolute atomic E-state index is 5.57. The van der Waals surface area contributed by atoms with Crippen molar-refractivity contribution in [1.82, 2.24) is 0 Å². The minimum absolute atomic E-state index is 0.210. The Labute approximate surface area is 317 Å². The van der Waals surface area contributed by atoms with E-state index in [0.717, 1.165) is 36.5 Å². The van der Waals surface area contributed by atoms with Crippen molar-refractivity contribution >= 4 is 0 Å². The molecule has 0 bridgehead atoms. The van der Waals surface area contributed by atoms with Gasteiger partial charge >= 0.3 is 0 Å². The van der Waals surface area contributed by atoms with Crippen LogP contribution >= 0.6 is 0 Å². The Morgan fingerprint density at radius 3 is 0.852 bits per heavy atom. The summed E-state index contributed by atoms with van der Waals surface area (Å²) >= 11 is 0. The predicted octanol–water partition coefficient (Wildman–Crippen LogP) is 11.8. The first-order chi connectivity index (χ1) is 26.6. The van der Waals surface area contributed by atoms with Gasteiger partial charge in [-0.3, -0.25) is 0 Å². The third-order valence-electron chi connectivity index (χ3n) is 12.3. The van der Waals surface area contributed by atoms with Crippen LogP contribution in [0, 0.1) is 0 Å². The molecule has 0 saturated carbocycles. The van der Waals surface area contributed by atoms with Gasteiger partial charge in [0.05, 0.1) is 21.3 Å². The first-order valence-electron chi connectivity index (χ1n) is 19.1. The van der Waals surface area contributed by atoms with Gasteiger partial charge in [0.15, 0.2) is 0 Å². The maximum atomic E-state index is 5.57. The van der Waals surface area contributed by atoms with Crippen LogP contribution in [0.3, 0.4) is 0 Å². The highest BCUT2D eigenvalue weighted by Crippen LogP contribution is 2.65. The van der Waals surface area contributed by atoms with E-state index in [-0.39, 0.29) is 17.8 Å². The second kappa shape index (κ2) is 13.1. The zero-order chi connectivity index (χ0) is 36.3. The highest BCUT2D eigenvalue weighted by molar-refractivity contribution is 6.03. The minimum Gasteiger partial charge on any atom is -0.497 e. The van der Waals surface area contributed by atoms with E-state index in [2.05, 4.69) is 146 Å². The molecule has 3 nitrogen and oxygen atoms in total. The van der Waals surface area contributed by atoms with Gasteiger partial charge in [-0.25, -0.2) is 0 Å². The zero-order valence-electron chi connectivity index (χ0n) is 30.9. The molecule has 0 N–H and O–H groups in total. The molecule has 0 radical (unpaired) electrons. The Balaban J connectivity index is 1.26. The van der Waals surface area contributed by atoms with E-state index < -0.39 is 0 Å². The van der Waals surface area contributed by atoms with E-state index in [1.807, 2.05) is 0 Å². The molecule has 0 aliphatic heterocycles. The van der Waals surface area contributed by atoms with Crippen molar-refractivity contribution < 1.29 is 14.2 Å². The Morgan fingerprint density at radius 1 is 0.333 bits per heavy atom. The smallest absolute Gasteiger partial charge is 0.118 e. The summed E-state index contributed by atoms with van der Waals surface area (Å²) in [7, 11) is 5.22. The van der Waals surface area contributed by atoms with E-state index in [4.69, 9.17) is 14.2 Å². The van der Waals surface area contributed by atoms with Crippen LogP contribution in [0.25, 0.3) is 33.4 Å². The molecular weight excluding hydrogens is 661 g/mol. The fourth-order valence-corrected chi connectivity index (χ4v) is 9.91. The lowest BCUT2D eigenvalue weighted by Gasteiger charge is -2.25. The maximum Gasteiger partial charge on any atom is 0.118 e. The van der Waals surface area contributed by atoms with E-state index in [9.17, 15) is 0 Å². The van der Waals surface area contributed by atoms with Crippen molar-refractivity contribution in [3.8, 4) is 50.6 Å². The summed E-state index contributed by atoms with van der Waals surface area (Å²) in [6.45, 7) is 0. The normalized spacial score (nSPS) is 16.8. The van der Waals surface area contributed by atoms with E-state index in [1.54, 1.807) is 21.3 Å². The average Bonchev–Trinajstić information content (AvgIpc) is 3.84. The van der Waals surface area contributed by atoms with E-state index in [1.165, 1.54) is 83.5 Å². The van der Waals surface area contributed by atoms with Gasteiger partial charge in [0, 0.05) is 17.8 Å². The molecule has 3 aliphatic rings. The predicted molar refractivity (Wildman–Crippen MR) is 218 cm³/mol. The standard InChI is InChI=1S/C51H42O3/c1-52-34-22-16-31(17-23-34)28-43-37-10-4-7-13-40(37)46-49(43)47-41-14-8-5-11-38(41)44(29-32-18-24-35(53-2)25-19-32)51(47)48-42-15-9-6-12-39(42)45(50(46)48)30-33-20-26-36(54-3)27-21-33/h4-27,43-45H,28-30H2,1-3H3/t43-,44-,45+/m1/s1. The van der Waals surface area contributed by atoms with Crippen LogP contribution in [0.4, 0.5) is 0 Å². The summed E-state index contributed by atoms with van der Waals surface area (Å²) in [5, 5.41) is 0. The van der Waals surface area contributed by atoms with Crippen LogP contribution in [0.15, 0.2) is 146 Å². The van der Waals surface area contributed by atoms with Gasteiger partial charge in [0.2, 0.25) is 0 Å². The van der Waals surface area contributed by atoms with Crippen LogP contribution in [-0.4, -0.2) is 21.3 Å². The van der Waals surface area contributed by atoms with E-state index in [0.29, 0.717) is 0 Å². The largest absolute Gasteiger partial charge is 0.497 e. The molecule has 0 aromatic heterocycles. The molecule has 264 valence electrons. The van der Waals surface area contributed by atoms with Gasteiger partial charge in [-0.05, 0) is 139 Å². The van der Waals surface area contributed by atoms with Crippen molar-refractivity contribution in [3.63, 3.8) is 0 Å². The number of hydrogen-bond acceptors (Lipinski definition) is 3. The number of methoxy groups -OCH3 is 3. The highest BCUT2D eigenvalue weighted by atomic mass is 16.5. The summed E-state index contributed by atoms with van der Waals surface area (Å²) in [5.74, 6) is 3.29. The number of fused-ring (bicyclic) bond motifs is 12. The molecule has 10 rings (SSSR count). The molecular formula is C51H42O3. The first kappa shape index (κ1) is 32.6. The molecule has 0 saturated heterocycles. The minimum atomic E-state index is 0.210. The van der Waals surface area contributed by atoms with Crippen LogP contribution in [0.5, 0.6) is 17.2 Å². The third kappa shape index (κ3) is 5.10. The lowest BCUT2D eigenvalue weighted by Crippen LogP contribution is -2.09.